The Balaban J connectivity index is 1.52. The lowest BCUT2D eigenvalue weighted by atomic mass is 10.1. The quantitative estimate of drug-likeness (QED) is 0.713. The minimum Gasteiger partial charge on any atom is -0.342 e. The number of carbonyl (C=O) groups excluding carboxylic acids is 2. The zero-order valence-corrected chi connectivity index (χ0v) is 18.4. The van der Waals surface area contributed by atoms with E-state index >= 15 is 0 Å². The van der Waals surface area contributed by atoms with E-state index in [0.29, 0.717) is 55.6 Å². The molecule has 0 radical (unpaired) electrons. The molecule has 1 saturated heterocycles. The molecule has 2 aromatic rings. The third-order valence-electron chi connectivity index (χ3n) is 6.15. The zero-order chi connectivity index (χ0) is 22.1. The molecule has 1 aromatic heterocycles. The maximum atomic E-state index is 14.0. The van der Waals surface area contributed by atoms with Crippen molar-refractivity contribution >= 4 is 17.6 Å². The van der Waals surface area contributed by atoms with Crippen LogP contribution in [0.4, 0.5) is 10.2 Å². The summed E-state index contributed by atoms with van der Waals surface area (Å²) in [6, 6.07) is 6.64. The van der Waals surface area contributed by atoms with E-state index in [-0.39, 0.29) is 30.0 Å². The van der Waals surface area contributed by atoms with Gasteiger partial charge in [-0.2, -0.15) is 0 Å². The Morgan fingerprint density at radius 1 is 1.26 bits per heavy atom. The van der Waals surface area contributed by atoms with E-state index in [1.54, 1.807) is 23.1 Å². The lowest BCUT2D eigenvalue weighted by Crippen LogP contribution is -2.30. The molecule has 0 N–H and O–H groups in total. The Morgan fingerprint density at radius 2 is 2.03 bits per heavy atom. The van der Waals surface area contributed by atoms with E-state index < -0.39 is 0 Å². The predicted octanol–water partition coefficient (Wildman–Crippen LogP) is 3.42. The fraction of sp³-hybridized carbons (Fsp3) is 0.500. The molecular weight excluding hydrogens is 395 g/mol. The van der Waals surface area contributed by atoms with Crippen molar-refractivity contribution in [3.8, 4) is 0 Å². The number of hydrogen-bond donors (Lipinski definition) is 0. The van der Waals surface area contributed by atoms with Crippen molar-refractivity contribution in [2.24, 2.45) is 5.92 Å². The highest BCUT2D eigenvalue weighted by atomic mass is 19.1. The summed E-state index contributed by atoms with van der Waals surface area (Å²) in [7, 11) is 0. The Kier molecular flexibility index (Phi) is 6.03. The Labute approximate surface area is 182 Å². The summed E-state index contributed by atoms with van der Waals surface area (Å²) in [5, 5.41) is 0. The number of halogens is 1. The van der Waals surface area contributed by atoms with Gasteiger partial charge in [0.2, 0.25) is 11.8 Å². The first-order chi connectivity index (χ1) is 14.8. The smallest absolute Gasteiger partial charge is 0.232 e. The molecule has 2 amide bonds. The van der Waals surface area contributed by atoms with Crippen LogP contribution in [0.1, 0.15) is 55.3 Å². The van der Waals surface area contributed by atoms with Gasteiger partial charge in [0.15, 0.2) is 0 Å². The molecule has 4 rings (SSSR count). The van der Waals surface area contributed by atoms with Gasteiger partial charge in [-0.1, -0.05) is 32.0 Å². The first-order valence-electron chi connectivity index (χ1n) is 11.0. The Bertz CT molecular complexity index is 1010. The zero-order valence-electron chi connectivity index (χ0n) is 18.4. The van der Waals surface area contributed by atoms with E-state index in [1.165, 1.54) is 6.07 Å². The van der Waals surface area contributed by atoms with Gasteiger partial charge < -0.3 is 4.90 Å². The molecule has 1 fully saturated rings. The van der Waals surface area contributed by atoms with Crippen molar-refractivity contribution in [3.63, 3.8) is 0 Å². The minimum atomic E-state index is -0.258. The molecule has 0 bridgehead atoms. The standard InChI is InChI=1S/C24H29FN4O2/c1-15(2)12-21(30)28-10-8-18(14-28)23-26-16(3)19-13-22(31)29(24(19)27-23)11-9-17-6-4-5-7-20(17)25/h4-7,15,18H,8-14H2,1-3H3/t18-/m0/s1. The molecule has 0 unspecified atom stereocenters. The third kappa shape index (κ3) is 4.45. The van der Waals surface area contributed by atoms with Gasteiger partial charge >= 0.3 is 0 Å². The van der Waals surface area contributed by atoms with Gasteiger partial charge in [0, 0.05) is 43.2 Å². The highest BCUT2D eigenvalue weighted by molar-refractivity contribution is 6.00. The fourth-order valence-electron chi connectivity index (χ4n) is 4.42. The molecule has 1 aromatic carbocycles. The first-order valence-corrected chi connectivity index (χ1v) is 11.0. The van der Waals surface area contributed by atoms with Gasteiger partial charge in [0.1, 0.15) is 17.5 Å². The predicted molar refractivity (Wildman–Crippen MR) is 116 cm³/mol. The number of fused-ring (bicyclic) bond motifs is 1. The molecule has 31 heavy (non-hydrogen) atoms. The molecule has 2 aliphatic heterocycles. The van der Waals surface area contributed by atoms with Crippen LogP contribution in [0.5, 0.6) is 0 Å². The van der Waals surface area contributed by atoms with Gasteiger partial charge in [-0.3, -0.25) is 14.5 Å². The molecule has 0 saturated carbocycles. The second-order valence-electron chi connectivity index (χ2n) is 8.96. The fourth-order valence-corrected chi connectivity index (χ4v) is 4.42. The lowest BCUT2D eigenvalue weighted by Gasteiger charge is -2.20. The lowest BCUT2D eigenvalue weighted by molar-refractivity contribution is -0.130. The van der Waals surface area contributed by atoms with Crippen LogP contribution in [-0.2, 0) is 22.4 Å². The summed E-state index contributed by atoms with van der Waals surface area (Å²) in [6.45, 7) is 7.72. The number of hydrogen-bond acceptors (Lipinski definition) is 4. The number of aryl methyl sites for hydroxylation is 1. The van der Waals surface area contributed by atoms with Gasteiger partial charge in [-0.25, -0.2) is 14.4 Å². The van der Waals surface area contributed by atoms with E-state index in [1.807, 2.05) is 25.7 Å². The third-order valence-corrected chi connectivity index (χ3v) is 6.15. The average Bonchev–Trinajstić information content (AvgIpc) is 3.32. The van der Waals surface area contributed by atoms with Crippen molar-refractivity contribution in [1.82, 2.24) is 14.9 Å². The largest absolute Gasteiger partial charge is 0.342 e. The van der Waals surface area contributed by atoms with Crippen molar-refractivity contribution < 1.29 is 14.0 Å². The van der Waals surface area contributed by atoms with Crippen LogP contribution in [0.3, 0.4) is 0 Å². The average molecular weight is 425 g/mol. The van der Waals surface area contributed by atoms with E-state index in [4.69, 9.17) is 9.97 Å². The summed E-state index contributed by atoms with van der Waals surface area (Å²) in [4.78, 5) is 38.1. The van der Waals surface area contributed by atoms with E-state index in [0.717, 1.165) is 17.7 Å². The van der Waals surface area contributed by atoms with Crippen LogP contribution in [-0.4, -0.2) is 46.3 Å². The molecule has 6 nitrogen and oxygen atoms in total. The monoisotopic (exact) mass is 424 g/mol. The van der Waals surface area contributed by atoms with Gasteiger partial charge in [0.25, 0.3) is 0 Å². The number of amides is 2. The number of aromatic nitrogens is 2. The van der Waals surface area contributed by atoms with Crippen molar-refractivity contribution in [2.75, 3.05) is 24.5 Å². The molecule has 3 heterocycles. The summed E-state index contributed by atoms with van der Waals surface area (Å²) in [5.74, 6) is 1.64. The molecule has 0 aliphatic carbocycles. The van der Waals surface area contributed by atoms with Crippen LogP contribution >= 0.6 is 0 Å². The molecule has 1 atom stereocenters. The van der Waals surface area contributed by atoms with Crippen LogP contribution in [0.25, 0.3) is 0 Å². The maximum Gasteiger partial charge on any atom is 0.232 e. The van der Waals surface area contributed by atoms with Crippen molar-refractivity contribution in [2.45, 2.75) is 52.4 Å². The molecule has 0 spiro atoms. The second-order valence-corrected chi connectivity index (χ2v) is 8.96. The highest BCUT2D eigenvalue weighted by Gasteiger charge is 2.34. The molecule has 164 valence electrons. The summed E-state index contributed by atoms with van der Waals surface area (Å²) < 4.78 is 14.0. The van der Waals surface area contributed by atoms with Gasteiger partial charge in [-0.05, 0) is 37.3 Å². The summed E-state index contributed by atoms with van der Waals surface area (Å²) in [6.07, 6.45) is 2.08. The minimum absolute atomic E-state index is 0.0268. The number of anilines is 1. The maximum absolute atomic E-state index is 14.0. The highest BCUT2D eigenvalue weighted by Crippen LogP contribution is 2.33. The number of carbonyl (C=O) groups is 2. The second kappa shape index (κ2) is 8.73. The van der Waals surface area contributed by atoms with Gasteiger partial charge in [0.05, 0.1) is 6.42 Å². The van der Waals surface area contributed by atoms with Gasteiger partial charge in [-0.15, -0.1) is 0 Å². The van der Waals surface area contributed by atoms with E-state index in [9.17, 15) is 14.0 Å². The summed E-state index contributed by atoms with van der Waals surface area (Å²) in [5.41, 5.74) is 2.26. The van der Waals surface area contributed by atoms with Crippen LogP contribution in [0.15, 0.2) is 24.3 Å². The molecular formula is C24H29FN4O2. The first kappa shape index (κ1) is 21.4. The van der Waals surface area contributed by atoms with Crippen LogP contribution in [0.2, 0.25) is 0 Å². The van der Waals surface area contributed by atoms with Crippen LogP contribution in [0, 0.1) is 18.7 Å². The Morgan fingerprint density at radius 3 is 2.77 bits per heavy atom. The van der Waals surface area contributed by atoms with E-state index in [2.05, 4.69) is 0 Å². The van der Waals surface area contributed by atoms with Crippen molar-refractivity contribution in [3.05, 3.63) is 52.7 Å². The summed E-state index contributed by atoms with van der Waals surface area (Å²) >= 11 is 0. The number of benzene rings is 1. The number of rotatable bonds is 6. The SMILES string of the molecule is Cc1nc([C@H]2CCN(C(=O)CC(C)C)C2)nc2c1CC(=O)N2CCc1ccccc1F. The molecule has 2 aliphatic rings. The molecule has 7 heteroatoms. The Hall–Kier alpha value is -2.83. The number of likely N-dealkylation sites (tertiary alicyclic amines) is 1. The van der Waals surface area contributed by atoms with Crippen molar-refractivity contribution in [1.29, 1.82) is 0 Å². The van der Waals surface area contributed by atoms with Crippen LogP contribution < -0.4 is 4.90 Å². The topological polar surface area (TPSA) is 66.4 Å². The number of nitrogens with zero attached hydrogens (tertiary/aromatic N) is 4. The normalized spacial score (nSPS) is 18.2.